The minimum Gasteiger partial charge on any atom is -0.368 e. The number of hydrogen-bond donors (Lipinski definition) is 2. The second-order valence-corrected chi connectivity index (χ2v) is 4.69. The van der Waals surface area contributed by atoms with Crippen LogP contribution in [0, 0.1) is 0 Å². The number of likely N-dealkylation sites (N-methyl/N-ethyl adjacent to an activating group) is 1. The standard InChI is InChI=1S/C11H23N3O/c1-4-13-11(10(12)15)7-5-6-9(8-11)14(2)3/h9,13H,4-8H2,1-3H3,(H2,12,15). The van der Waals surface area contributed by atoms with E-state index in [0.717, 1.165) is 32.2 Å². The van der Waals surface area contributed by atoms with Crippen molar-refractivity contribution < 1.29 is 4.79 Å². The molecule has 0 radical (unpaired) electrons. The van der Waals surface area contributed by atoms with Crippen molar-refractivity contribution in [2.24, 2.45) is 5.73 Å². The average molecular weight is 213 g/mol. The molecule has 1 aliphatic rings. The van der Waals surface area contributed by atoms with E-state index in [1.807, 2.05) is 6.92 Å². The molecule has 4 nitrogen and oxygen atoms in total. The van der Waals surface area contributed by atoms with Gasteiger partial charge in [0.05, 0.1) is 5.54 Å². The molecule has 0 aliphatic heterocycles. The highest BCUT2D eigenvalue weighted by atomic mass is 16.1. The lowest BCUT2D eigenvalue weighted by Crippen LogP contribution is -2.60. The first kappa shape index (κ1) is 12.5. The fourth-order valence-corrected chi connectivity index (χ4v) is 2.50. The lowest BCUT2D eigenvalue weighted by atomic mass is 9.78. The zero-order valence-corrected chi connectivity index (χ0v) is 10.0. The summed E-state index contributed by atoms with van der Waals surface area (Å²) >= 11 is 0. The summed E-state index contributed by atoms with van der Waals surface area (Å²) in [6, 6.07) is 0.463. The highest BCUT2D eigenvalue weighted by Crippen LogP contribution is 2.30. The first-order valence-electron chi connectivity index (χ1n) is 5.73. The maximum absolute atomic E-state index is 11.6. The first-order valence-corrected chi connectivity index (χ1v) is 5.73. The van der Waals surface area contributed by atoms with Crippen LogP contribution in [0.15, 0.2) is 0 Å². The van der Waals surface area contributed by atoms with E-state index in [2.05, 4.69) is 24.3 Å². The van der Waals surface area contributed by atoms with Crippen LogP contribution in [0.3, 0.4) is 0 Å². The minimum atomic E-state index is -0.470. The third-order valence-electron chi connectivity index (χ3n) is 3.44. The molecule has 1 fully saturated rings. The Labute approximate surface area is 92.2 Å². The van der Waals surface area contributed by atoms with Gasteiger partial charge in [-0.15, -0.1) is 0 Å². The molecule has 0 aromatic rings. The van der Waals surface area contributed by atoms with Crippen LogP contribution in [-0.4, -0.2) is 43.0 Å². The van der Waals surface area contributed by atoms with Crippen molar-refractivity contribution in [2.75, 3.05) is 20.6 Å². The van der Waals surface area contributed by atoms with E-state index in [9.17, 15) is 4.79 Å². The van der Waals surface area contributed by atoms with Crippen molar-refractivity contribution in [3.05, 3.63) is 0 Å². The second-order valence-electron chi connectivity index (χ2n) is 4.69. The third kappa shape index (κ3) is 2.69. The van der Waals surface area contributed by atoms with Gasteiger partial charge in [0.25, 0.3) is 0 Å². The fraction of sp³-hybridized carbons (Fsp3) is 0.909. The number of nitrogens with one attached hydrogen (secondary N) is 1. The molecule has 0 aromatic heterocycles. The van der Waals surface area contributed by atoms with Crippen molar-refractivity contribution >= 4 is 5.91 Å². The molecule has 88 valence electrons. The van der Waals surface area contributed by atoms with Crippen LogP contribution in [0.4, 0.5) is 0 Å². The summed E-state index contributed by atoms with van der Waals surface area (Å²) in [6.45, 7) is 2.81. The molecule has 2 atom stereocenters. The predicted octanol–water partition coefficient (Wildman–Crippen LogP) is 0.324. The fourth-order valence-electron chi connectivity index (χ4n) is 2.50. The molecule has 1 saturated carbocycles. The van der Waals surface area contributed by atoms with E-state index in [0.29, 0.717) is 6.04 Å². The number of nitrogens with zero attached hydrogens (tertiary/aromatic N) is 1. The second kappa shape index (κ2) is 4.94. The van der Waals surface area contributed by atoms with Crippen LogP contribution in [0.1, 0.15) is 32.6 Å². The molecular weight excluding hydrogens is 190 g/mol. The summed E-state index contributed by atoms with van der Waals surface area (Å²) in [7, 11) is 4.13. The van der Waals surface area contributed by atoms with Crippen LogP contribution < -0.4 is 11.1 Å². The Morgan fingerprint density at radius 1 is 1.60 bits per heavy atom. The van der Waals surface area contributed by atoms with Crippen molar-refractivity contribution in [1.29, 1.82) is 0 Å². The third-order valence-corrected chi connectivity index (χ3v) is 3.44. The SMILES string of the molecule is CCNC1(C(N)=O)CCCC(N(C)C)C1. The largest absolute Gasteiger partial charge is 0.368 e. The summed E-state index contributed by atoms with van der Waals surface area (Å²) in [4.78, 5) is 13.8. The van der Waals surface area contributed by atoms with Gasteiger partial charge in [-0.2, -0.15) is 0 Å². The zero-order chi connectivity index (χ0) is 11.5. The lowest BCUT2D eigenvalue weighted by molar-refractivity contribution is -0.126. The van der Waals surface area contributed by atoms with Gasteiger partial charge in [0, 0.05) is 6.04 Å². The molecule has 0 aromatic carbocycles. The highest BCUT2D eigenvalue weighted by molar-refractivity contribution is 5.84. The molecule has 0 bridgehead atoms. The molecule has 1 amide bonds. The van der Waals surface area contributed by atoms with Gasteiger partial charge in [-0.1, -0.05) is 6.92 Å². The maximum Gasteiger partial charge on any atom is 0.237 e. The van der Waals surface area contributed by atoms with E-state index in [1.54, 1.807) is 0 Å². The Hall–Kier alpha value is -0.610. The normalized spacial score (nSPS) is 31.9. The summed E-state index contributed by atoms with van der Waals surface area (Å²) in [5.74, 6) is -0.198. The number of amides is 1. The van der Waals surface area contributed by atoms with Gasteiger partial charge < -0.3 is 16.0 Å². The minimum absolute atomic E-state index is 0.198. The highest BCUT2D eigenvalue weighted by Gasteiger charge is 2.41. The maximum atomic E-state index is 11.6. The van der Waals surface area contributed by atoms with Crippen LogP contribution in [0.5, 0.6) is 0 Å². The summed E-state index contributed by atoms with van der Waals surface area (Å²) < 4.78 is 0. The van der Waals surface area contributed by atoms with E-state index in [4.69, 9.17) is 5.73 Å². The van der Waals surface area contributed by atoms with Gasteiger partial charge in [0.1, 0.15) is 0 Å². The molecule has 3 N–H and O–H groups in total. The first-order chi connectivity index (χ1) is 7.02. The molecule has 0 saturated heterocycles. The summed E-state index contributed by atoms with van der Waals surface area (Å²) in [6.07, 6.45) is 3.94. The topological polar surface area (TPSA) is 58.4 Å². The van der Waals surface area contributed by atoms with Gasteiger partial charge in [-0.05, 0) is 46.3 Å². The smallest absolute Gasteiger partial charge is 0.237 e. The van der Waals surface area contributed by atoms with Crippen molar-refractivity contribution in [3.63, 3.8) is 0 Å². The quantitative estimate of drug-likeness (QED) is 0.707. The Morgan fingerprint density at radius 3 is 2.73 bits per heavy atom. The van der Waals surface area contributed by atoms with E-state index >= 15 is 0 Å². The zero-order valence-electron chi connectivity index (χ0n) is 10.0. The number of carbonyl (C=O) groups is 1. The molecule has 0 heterocycles. The average Bonchev–Trinajstić information content (AvgIpc) is 2.18. The lowest BCUT2D eigenvalue weighted by Gasteiger charge is -2.41. The molecule has 2 unspecified atom stereocenters. The molecule has 1 aliphatic carbocycles. The molecule has 1 rings (SSSR count). The predicted molar refractivity (Wildman–Crippen MR) is 61.5 cm³/mol. The van der Waals surface area contributed by atoms with Gasteiger partial charge in [-0.3, -0.25) is 4.79 Å². The van der Waals surface area contributed by atoms with Crippen LogP contribution >= 0.6 is 0 Å². The van der Waals surface area contributed by atoms with Crippen LogP contribution in [0.2, 0.25) is 0 Å². The van der Waals surface area contributed by atoms with E-state index in [1.165, 1.54) is 0 Å². The molecule has 15 heavy (non-hydrogen) atoms. The van der Waals surface area contributed by atoms with Crippen LogP contribution in [-0.2, 0) is 4.79 Å². The molecule has 4 heteroatoms. The Morgan fingerprint density at radius 2 is 2.27 bits per heavy atom. The van der Waals surface area contributed by atoms with Gasteiger partial charge in [-0.25, -0.2) is 0 Å². The van der Waals surface area contributed by atoms with E-state index < -0.39 is 5.54 Å². The van der Waals surface area contributed by atoms with Crippen molar-refractivity contribution in [1.82, 2.24) is 10.2 Å². The van der Waals surface area contributed by atoms with Crippen molar-refractivity contribution in [2.45, 2.75) is 44.2 Å². The Bertz CT molecular complexity index is 226. The van der Waals surface area contributed by atoms with E-state index in [-0.39, 0.29) is 5.91 Å². The number of rotatable bonds is 4. The number of primary amides is 1. The Balaban J connectivity index is 2.75. The van der Waals surface area contributed by atoms with Gasteiger partial charge in [0.15, 0.2) is 0 Å². The summed E-state index contributed by atoms with van der Waals surface area (Å²) in [5, 5.41) is 3.28. The number of carbonyl (C=O) groups excluding carboxylic acids is 1. The van der Waals surface area contributed by atoms with Crippen LogP contribution in [0.25, 0.3) is 0 Å². The number of hydrogen-bond acceptors (Lipinski definition) is 3. The molecule has 0 spiro atoms. The van der Waals surface area contributed by atoms with Gasteiger partial charge >= 0.3 is 0 Å². The number of nitrogens with two attached hydrogens (primary N) is 1. The monoisotopic (exact) mass is 213 g/mol. The summed E-state index contributed by atoms with van der Waals surface area (Å²) in [5.41, 5.74) is 5.06. The van der Waals surface area contributed by atoms with Crippen molar-refractivity contribution in [3.8, 4) is 0 Å². The Kier molecular flexibility index (Phi) is 4.11. The van der Waals surface area contributed by atoms with Gasteiger partial charge in [0.2, 0.25) is 5.91 Å². The molecular formula is C11H23N3O.